The zero-order valence-corrected chi connectivity index (χ0v) is 21.7. The number of carbonyl (C=O) groups is 1. The summed E-state index contributed by atoms with van der Waals surface area (Å²) in [6.45, 7) is 0. The smallest absolute Gasteiger partial charge is 0.262 e. The average Bonchev–Trinajstić information content (AvgIpc) is 3.70. The second-order valence-electron chi connectivity index (χ2n) is 8.63. The van der Waals surface area contributed by atoms with E-state index in [2.05, 4.69) is 20.2 Å². The molecule has 0 aliphatic heterocycles. The molecule has 0 unspecified atom stereocenters. The summed E-state index contributed by atoms with van der Waals surface area (Å²) < 4.78 is 71.2. The molecule has 0 fully saturated rings. The van der Waals surface area contributed by atoms with Crippen LogP contribution in [0.5, 0.6) is 0 Å². The number of aromatic amines is 2. The number of carbonyl (C=O) groups excluding carboxylic acids is 1. The van der Waals surface area contributed by atoms with Gasteiger partial charge in [-0.3, -0.25) is 14.6 Å². The number of H-pyrrole nitrogens is 2. The van der Waals surface area contributed by atoms with Crippen LogP contribution in [0.15, 0.2) is 84.1 Å². The number of nitrogens with zero attached hydrogens (tertiary/aromatic N) is 2. The molecule has 0 bridgehead atoms. The molecule has 0 spiro atoms. The van der Waals surface area contributed by atoms with Crippen LogP contribution in [0.2, 0.25) is 0 Å². The molecular weight excluding hydrogens is 563 g/mol. The monoisotopic (exact) mass is 579 g/mol. The molecule has 3 N–H and O–H groups in total. The molecule has 6 rings (SSSR count). The number of sulfonamides is 1. The van der Waals surface area contributed by atoms with E-state index in [0.717, 1.165) is 45.8 Å². The molecule has 0 aliphatic carbocycles. The number of fused-ring (bicyclic) bond motifs is 1. The van der Waals surface area contributed by atoms with Gasteiger partial charge in [-0.25, -0.2) is 26.6 Å². The van der Waals surface area contributed by atoms with E-state index in [9.17, 15) is 22.0 Å². The van der Waals surface area contributed by atoms with Gasteiger partial charge in [-0.05, 0) is 54.6 Å². The zero-order chi connectivity index (χ0) is 28.0. The van der Waals surface area contributed by atoms with Gasteiger partial charge in [-0.2, -0.15) is 5.10 Å². The van der Waals surface area contributed by atoms with Gasteiger partial charge >= 0.3 is 0 Å². The van der Waals surface area contributed by atoms with Crippen molar-refractivity contribution in [3.63, 3.8) is 0 Å². The van der Waals surface area contributed by atoms with Gasteiger partial charge < -0.3 is 4.98 Å². The van der Waals surface area contributed by atoms with Crippen LogP contribution in [-0.2, 0) is 10.0 Å². The Morgan fingerprint density at radius 1 is 0.975 bits per heavy atom. The van der Waals surface area contributed by atoms with Crippen molar-refractivity contribution in [1.29, 1.82) is 0 Å². The summed E-state index contributed by atoms with van der Waals surface area (Å²) in [6.07, 6.45) is 4.54. The minimum Gasteiger partial charge on any atom is -0.345 e. The van der Waals surface area contributed by atoms with E-state index in [1.165, 1.54) is 23.6 Å². The summed E-state index contributed by atoms with van der Waals surface area (Å²) in [5, 5.41) is 7.16. The van der Waals surface area contributed by atoms with Crippen LogP contribution in [0.3, 0.4) is 0 Å². The van der Waals surface area contributed by atoms with Gasteiger partial charge in [0.1, 0.15) is 17.3 Å². The highest BCUT2D eigenvalue weighted by molar-refractivity contribution is 7.92. The Labute approximate surface area is 228 Å². The first kappa shape index (κ1) is 25.5. The number of benzene rings is 2. The lowest BCUT2D eigenvalue weighted by molar-refractivity contribution is 0.103. The quantitative estimate of drug-likeness (QED) is 0.197. The molecule has 6 aromatic rings. The van der Waals surface area contributed by atoms with E-state index in [0.29, 0.717) is 16.6 Å². The molecule has 4 aromatic heterocycles. The molecule has 4 heterocycles. The molecule has 0 aliphatic rings. The Morgan fingerprint density at radius 2 is 1.80 bits per heavy atom. The highest BCUT2D eigenvalue weighted by Crippen LogP contribution is 2.35. The number of nitrogens with one attached hydrogen (secondary N) is 3. The molecule has 8 nitrogen and oxygen atoms in total. The topological polar surface area (TPSA) is 121 Å². The minimum atomic E-state index is -4.44. The molecular formula is C27H16F3N5O3S2. The summed E-state index contributed by atoms with van der Waals surface area (Å²) >= 11 is 1.46. The zero-order valence-electron chi connectivity index (χ0n) is 20.1. The van der Waals surface area contributed by atoms with Crippen molar-refractivity contribution in [3.8, 4) is 21.0 Å². The Kier molecular flexibility index (Phi) is 6.24. The third-order valence-corrected chi connectivity index (χ3v) is 8.63. The maximum absolute atomic E-state index is 15.5. The van der Waals surface area contributed by atoms with Crippen molar-refractivity contribution in [1.82, 2.24) is 20.2 Å². The van der Waals surface area contributed by atoms with Crippen molar-refractivity contribution in [2.45, 2.75) is 4.90 Å². The molecule has 0 atom stereocenters. The number of anilines is 1. The Balaban J connectivity index is 1.36. The van der Waals surface area contributed by atoms with Crippen LogP contribution in [0, 0.1) is 17.5 Å². The lowest BCUT2D eigenvalue weighted by Crippen LogP contribution is -2.16. The molecule has 0 amide bonds. The number of halogens is 3. The van der Waals surface area contributed by atoms with Crippen molar-refractivity contribution in [2.75, 3.05) is 4.72 Å². The molecule has 13 heteroatoms. The van der Waals surface area contributed by atoms with E-state index in [1.54, 1.807) is 18.5 Å². The van der Waals surface area contributed by atoms with Gasteiger partial charge in [0.2, 0.25) is 5.78 Å². The SMILES string of the molecule is O=C(c1c(F)ccc(NS(=O)(=O)c2cccc(F)c2)c1F)c1c[nH]c2ncc(-c3ccc(-c4ccn[nH]4)s3)cc12. The Morgan fingerprint density at radius 3 is 2.58 bits per heavy atom. The van der Waals surface area contributed by atoms with Gasteiger partial charge in [0.05, 0.1) is 26.7 Å². The molecule has 0 saturated carbocycles. The fourth-order valence-electron chi connectivity index (χ4n) is 4.17. The van der Waals surface area contributed by atoms with E-state index in [-0.39, 0.29) is 5.56 Å². The third kappa shape index (κ3) is 4.54. The maximum atomic E-state index is 15.5. The van der Waals surface area contributed by atoms with Crippen molar-refractivity contribution in [2.24, 2.45) is 0 Å². The standard InChI is InChI=1S/C27H16F3N5O3S2/c28-15-2-1-3-16(11-15)40(37,38)35-21-5-4-19(29)24(25(21)30)26(36)18-13-32-27-17(18)10-14(12-31-27)22-6-7-23(39-22)20-8-9-33-34-20/h1-13,35H,(H,31,32)(H,33,34). The van der Waals surface area contributed by atoms with Crippen LogP contribution >= 0.6 is 11.3 Å². The van der Waals surface area contributed by atoms with E-state index >= 15 is 4.39 Å². The van der Waals surface area contributed by atoms with Crippen LogP contribution in [0.4, 0.5) is 18.9 Å². The van der Waals surface area contributed by atoms with Crippen molar-refractivity contribution >= 4 is 43.9 Å². The molecule has 200 valence electrons. The maximum Gasteiger partial charge on any atom is 0.262 e. The molecule has 0 radical (unpaired) electrons. The fourth-order valence-corrected chi connectivity index (χ4v) is 6.22. The van der Waals surface area contributed by atoms with Crippen molar-refractivity contribution in [3.05, 3.63) is 108 Å². The summed E-state index contributed by atoms with van der Waals surface area (Å²) in [5.41, 5.74) is 0.149. The number of aromatic nitrogens is 4. The van der Waals surface area contributed by atoms with Gasteiger partial charge in [-0.1, -0.05) is 6.07 Å². The van der Waals surface area contributed by atoms with Crippen LogP contribution in [0.1, 0.15) is 15.9 Å². The first-order valence-corrected chi connectivity index (χ1v) is 13.9. The Hall–Kier alpha value is -4.75. The highest BCUT2D eigenvalue weighted by Gasteiger charge is 2.27. The number of ketones is 1. The highest BCUT2D eigenvalue weighted by atomic mass is 32.2. The molecule has 2 aromatic carbocycles. The lowest BCUT2D eigenvalue weighted by atomic mass is 10.0. The summed E-state index contributed by atoms with van der Waals surface area (Å²) in [4.78, 5) is 21.9. The second kappa shape index (κ2) is 9.77. The molecule has 40 heavy (non-hydrogen) atoms. The predicted molar refractivity (Wildman–Crippen MR) is 144 cm³/mol. The normalized spacial score (nSPS) is 11.7. The van der Waals surface area contributed by atoms with E-state index < -0.39 is 49.4 Å². The minimum absolute atomic E-state index is 0.0577. The van der Waals surface area contributed by atoms with Gasteiger partial charge in [0.15, 0.2) is 5.82 Å². The third-order valence-electron chi connectivity index (χ3n) is 6.10. The summed E-state index contributed by atoms with van der Waals surface area (Å²) in [6, 6.07) is 13.0. The molecule has 0 saturated heterocycles. The number of hydrogen-bond acceptors (Lipinski definition) is 6. The van der Waals surface area contributed by atoms with Crippen LogP contribution in [-0.4, -0.2) is 34.4 Å². The van der Waals surface area contributed by atoms with Gasteiger partial charge in [0, 0.05) is 40.0 Å². The second-order valence-corrected chi connectivity index (χ2v) is 11.4. The van der Waals surface area contributed by atoms with Crippen molar-refractivity contribution < 1.29 is 26.4 Å². The van der Waals surface area contributed by atoms with Gasteiger partial charge in [-0.15, -0.1) is 11.3 Å². The summed E-state index contributed by atoms with van der Waals surface area (Å²) in [5.74, 6) is -4.43. The number of hydrogen-bond donors (Lipinski definition) is 3. The fraction of sp³-hybridized carbons (Fsp3) is 0. The number of thiophene rings is 1. The van der Waals surface area contributed by atoms with Crippen LogP contribution < -0.4 is 4.72 Å². The first-order chi connectivity index (χ1) is 19.2. The van der Waals surface area contributed by atoms with Crippen LogP contribution in [0.25, 0.3) is 32.0 Å². The number of pyridine rings is 1. The largest absolute Gasteiger partial charge is 0.345 e. The average molecular weight is 580 g/mol. The predicted octanol–water partition coefficient (Wildman–Crippen LogP) is 6.13. The van der Waals surface area contributed by atoms with E-state index in [4.69, 9.17) is 0 Å². The number of rotatable bonds is 7. The van der Waals surface area contributed by atoms with Gasteiger partial charge in [0.25, 0.3) is 10.0 Å². The Bertz CT molecular complexity index is 2020. The summed E-state index contributed by atoms with van der Waals surface area (Å²) in [7, 11) is -4.44. The first-order valence-electron chi connectivity index (χ1n) is 11.6. The lowest BCUT2D eigenvalue weighted by Gasteiger charge is -2.12. The van der Waals surface area contributed by atoms with E-state index in [1.807, 2.05) is 22.9 Å².